The zero-order chi connectivity index (χ0) is 14.0. The van der Waals surface area contributed by atoms with E-state index in [0.717, 1.165) is 11.1 Å². The van der Waals surface area contributed by atoms with Crippen LogP contribution in [0.15, 0.2) is 12.3 Å². The van der Waals surface area contributed by atoms with E-state index in [4.69, 9.17) is 5.11 Å². The Morgan fingerprint density at radius 2 is 2.32 bits per heavy atom. The molecule has 0 fully saturated rings. The van der Waals surface area contributed by atoms with Gasteiger partial charge in [-0.2, -0.15) is 5.10 Å². The molecule has 0 aliphatic carbocycles. The predicted molar refractivity (Wildman–Crippen MR) is 71.9 cm³/mol. The molecule has 0 aliphatic heterocycles. The Hall–Kier alpha value is -1.95. The second-order valence-corrected chi connectivity index (χ2v) is 4.58. The van der Waals surface area contributed by atoms with Crippen molar-refractivity contribution in [2.45, 2.75) is 26.3 Å². The zero-order valence-corrected chi connectivity index (χ0v) is 11.3. The molecule has 2 N–H and O–H groups in total. The van der Waals surface area contributed by atoms with Crippen molar-refractivity contribution in [1.82, 2.24) is 20.1 Å². The molecule has 6 nitrogen and oxygen atoms in total. The third-order valence-electron chi connectivity index (χ3n) is 3.13. The van der Waals surface area contributed by atoms with Crippen LogP contribution in [0.3, 0.4) is 0 Å². The highest BCUT2D eigenvalue weighted by molar-refractivity contribution is 6.05. The van der Waals surface area contributed by atoms with Crippen LogP contribution in [0, 0.1) is 6.92 Å². The average Bonchev–Trinajstić information content (AvgIpc) is 2.76. The molecule has 0 spiro atoms. The van der Waals surface area contributed by atoms with E-state index >= 15 is 0 Å². The first-order chi connectivity index (χ1) is 9.06. The Morgan fingerprint density at radius 3 is 2.95 bits per heavy atom. The average molecular weight is 262 g/mol. The summed E-state index contributed by atoms with van der Waals surface area (Å²) >= 11 is 0. The smallest absolute Gasteiger partial charge is 0.252 e. The van der Waals surface area contributed by atoms with Crippen molar-refractivity contribution in [3.05, 3.63) is 23.5 Å². The molecule has 0 radical (unpaired) electrons. The SMILES string of the molecule is CCC(CO)NC(=O)c1cc(C)nc2c1cnn2C. The van der Waals surface area contributed by atoms with Crippen LogP contribution in [-0.2, 0) is 7.05 Å². The summed E-state index contributed by atoms with van der Waals surface area (Å²) in [5.41, 5.74) is 1.99. The molecular weight excluding hydrogens is 244 g/mol. The highest BCUT2D eigenvalue weighted by atomic mass is 16.3. The fourth-order valence-corrected chi connectivity index (χ4v) is 1.97. The fourth-order valence-electron chi connectivity index (χ4n) is 1.97. The van der Waals surface area contributed by atoms with Gasteiger partial charge in [0.1, 0.15) is 0 Å². The molecule has 1 atom stereocenters. The van der Waals surface area contributed by atoms with Gasteiger partial charge in [0.25, 0.3) is 5.91 Å². The van der Waals surface area contributed by atoms with Crippen molar-refractivity contribution in [3.8, 4) is 0 Å². The second-order valence-electron chi connectivity index (χ2n) is 4.58. The molecule has 0 aromatic carbocycles. The summed E-state index contributed by atoms with van der Waals surface area (Å²) in [7, 11) is 1.79. The van der Waals surface area contributed by atoms with Crippen LogP contribution in [-0.4, -0.2) is 38.4 Å². The van der Waals surface area contributed by atoms with Crippen LogP contribution in [0.2, 0.25) is 0 Å². The monoisotopic (exact) mass is 262 g/mol. The Labute approximate surface area is 111 Å². The number of pyridine rings is 1. The molecule has 102 valence electrons. The van der Waals surface area contributed by atoms with E-state index < -0.39 is 0 Å². The van der Waals surface area contributed by atoms with Crippen LogP contribution in [0.1, 0.15) is 29.4 Å². The summed E-state index contributed by atoms with van der Waals surface area (Å²) in [5.74, 6) is -0.204. The van der Waals surface area contributed by atoms with Crippen molar-refractivity contribution in [2.75, 3.05) is 6.61 Å². The summed E-state index contributed by atoms with van der Waals surface area (Å²) in [6.45, 7) is 3.69. The highest BCUT2D eigenvalue weighted by Crippen LogP contribution is 2.17. The molecule has 1 amide bonds. The number of carbonyl (C=O) groups is 1. The summed E-state index contributed by atoms with van der Waals surface area (Å²) < 4.78 is 1.64. The van der Waals surface area contributed by atoms with Gasteiger partial charge in [0.15, 0.2) is 5.65 Å². The summed E-state index contributed by atoms with van der Waals surface area (Å²) in [5, 5.41) is 16.8. The Kier molecular flexibility index (Phi) is 3.80. The maximum Gasteiger partial charge on any atom is 0.252 e. The largest absolute Gasteiger partial charge is 0.394 e. The van der Waals surface area contributed by atoms with Crippen molar-refractivity contribution >= 4 is 16.9 Å². The molecule has 1 unspecified atom stereocenters. The van der Waals surface area contributed by atoms with Crippen LogP contribution < -0.4 is 5.32 Å². The standard InChI is InChI=1S/C13H18N4O2/c1-4-9(7-18)16-13(19)10-5-8(2)15-12-11(10)6-14-17(12)3/h5-6,9,18H,4,7H2,1-3H3,(H,16,19). The molecule has 0 saturated carbocycles. The summed E-state index contributed by atoms with van der Waals surface area (Å²) in [6, 6.07) is 1.51. The van der Waals surface area contributed by atoms with Gasteiger partial charge in [-0.3, -0.25) is 9.48 Å². The fraction of sp³-hybridized carbons (Fsp3) is 0.462. The number of rotatable bonds is 4. The number of nitrogens with one attached hydrogen (secondary N) is 1. The first-order valence-corrected chi connectivity index (χ1v) is 6.27. The van der Waals surface area contributed by atoms with Crippen molar-refractivity contribution in [3.63, 3.8) is 0 Å². The lowest BCUT2D eigenvalue weighted by Crippen LogP contribution is -2.37. The Balaban J connectivity index is 2.41. The molecule has 2 rings (SSSR count). The lowest BCUT2D eigenvalue weighted by molar-refractivity contribution is 0.0916. The topological polar surface area (TPSA) is 80.0 Å². The minimum atomic E-state index is -0.229. The van der Waals surface area contributed by atoms with Crippen molar-refractivity contribution in [1.29, 1.82) is 0 Å². The number of hydrogen-bond donors (Lipinski definition) is 2. The Morgan fingerprint density at radius 1 is 1.58 bits per heavy atom. The molecule has 2 aromatic heterocycles. The van der Waals surface area contributed by atoms with Gasteiger partial charge < -0.3 is 10.4 Å². The van der Waals surface area contributed by atoms with E-state index in [1.54, 1.807) is 24.0 Å². The van der Waals surface area contributed by atoms with Crippen LogP contribution in [0.25, 0.3) is 11.0 Å². The van der Waals surface area contributed by atoms with E-state index in [-0.39, 0.29) is 18.6 Å². The maximum atomic E-state index is 12.3. The lowest BCUT2D eigenvalue weighted by Gasteiger charge is -2.14. The van der Waals surface area contributed by atoms with Gasteiger partial charge in [-0.25, -0.2) is 4.98 Å². The predicted octanol–water partition coefficient (Wildman–Crippen LogP) is 0.777. The van der Waals surface area contributed by atoms with E-state index in [0.29, 0.717) is 17.6 Å². The summed E-state index contributed by atoms with van der Waals surface area (Å²) in [6.07, 6.45) is 2.32. The van der Waals surface area contributed by atoms with Gasteiger partial charge in [-0.1, -0.05) is 6.92 Å². The van der Waals surface area contributed by atoms with E-state index in [1.165, 1.54) is 0 Å². The second kappa shape index (κ2) is 5.36. The number of aryl methyl sites for hydroxylation is 2. The van der Waals surface area contributed by atoms with E-state index in [1.807, 2.05) is 13.8 Å². The minimum absolute atomic E-state index is 0.0670. The van der Waals surface area contributed by atoms with E-state index in [9.17, 15) is 4.79 Å². The van der Waals surface area contributed by atoms with Gasteiger partial charge in [-0.05, 0) is 19.4 Å². The molecule has 19 heavy (non-hydrogen) atoms. The number of aliphatic hydroxyl groups excluding tert-OH is 1. The lowest BCUT2D eigenvalue weighted by atomic mass is 10.1. The molecule has 6 heteroatoms. The molecule has 2 aromatic rings. The van der Waals surface area contributed by atoms with Gasteiger partial charge in [0.05, 0.1) is 29.8 Å². The number of amides is 1. The van der Waals surface area contributed by atoms with Gasteiger partial charge >= 0.3 is 0 Å². The molecule has 0 aliphatic rings. The number of aromatic nitrogens is 3. The van der Waals surface area contributed by atoms with Crippen LogP contribution in [0.4, 0.5) is 0 Å². The quantitative estimate of drug-likeness (QED) is 0.853. The third kappa shape index (κ3) is 2.58. The molecule has 0 bridgehead atoms. The number of nitrogens with zero attached hydrogens (tertiary/aromatic N) is 3. The van der Waals surface area contributed by atoms with E-state index in [2.05, 4.69) is 15.4 Å². The molecule has 0 saturated heterocycles. The number of hydrogen-bond acceptors (Lipinski definition) is 4. The number of fused-ring (bicyclic) bond motifs is 1. The zero-order valence-electron chi connectivity index (χ0n) is 11.3. The molecular formula is C13H18N4O2. The van der Waals surface area contributed by atoms with Crippen molar-refractivity contribution < 1.29 is 9.90 Å². The van der Waals surface area contributed by atoms with Crippen LogP contribution in [0.5, 0.6) is 0 Å². The highest BCUT2D eigenvalue weighted by Gasteiger charge is 2.17. The summed E-state index contributed by atoms with van der Waals surface area (Å²) in [4.78, 5) is 16.6. The van der Waals surface area contributed by atoms with Gasteiger partial charge in [-0.15, -0.1) is 0 Å². The van der Waals surface area contributed by atoms with Crippen LogP contribution >= 0.6 is 0 Å². The third-order valence-corrected chi connectivity index (χ3v) is 3.13. The van der Waals surface area contributed by atoms with Crippen molar-refractivity contribution in [2.24, 2.45) is 7.05 Å². The molecule has 2 heterocycles. The first kappa shape index (κ1) is 13.5. The number of carbonyl (C=O) groups excluding carboxylic acids is 1. The normalized spacial score (nSPS) is 12.6. The Bertz CT molecular complexity index is 602. The minimum Gasteiger partial charge on any atom is -0.394 e. The first-order valence-electron chi connectivity index (χ1n) is 6.27. The van der Waals surface area contributed by atoms with Gasteiger partial charge in [0, 0.05) is 12.7 Å². The van der Waals surface area contributed by atoms with Gasteiger partial charge in [0.2, 0.25) is 0 Å². The maximum absolute atomic E-state index is 12.3. The number of aliphatic hydroxyl groups is 1.